The number of anilines is 1. The number of benzene rings is 1. The molecule has 7 nitrogen and oxygen atoms in total. The molecule has 2 aromatic rings. The minimum absolute atomic E-state index is 0.0428. The highest BCUT2D eigenvalue weighted by Gasteiger charge is 2.24. The number of hydrogen-bond acceptors (Lipinski definition) is 5. The third-order valence-electron chi connectivity index (χ3n) is 4.87. The van der Waals surface area contributed by atoms with E-state index in [1.807, 2.05) is 23.1 Å². The number of rotatable bonds is 5. The smallest absolute Gasteiger partial charge is 0.344 e. The second kappa shape index (κ2) is 7.67. The molecule has 1 fully saturated rings. The molecule has 2 aliphatic heterocycles. The van der Waals surface area contributed by atoms with E-state index in [4.69, 9.17) is 4.74 Å². The number of thioether (sulfide) groups is 1. The maximum atomic E-state index is 12.8. The first-order valence-electron chi connectivity index (χ1n) is 9.00. The fourth-order valence-electron chi connectivity index (χ4n) is 3.56. The fraction of sp³-hybridized carbons (Fsp3) is 0.500. The number of amides is 1. The molecule has 8 heteroatoms. The van der Waals surface area contributed by atoms with E-state index in [9.17, 15) is 9.59 Å². The average molecular weight is 374 g/mol. The first-order chi connectivity index (χ1) is 12.7. The largest absolute Gasteiger partial charge is 0.376 e. The van der Waals surface area contributed by atoms with E-state index in [0.717, 1.165) is 44.5 Å². The molecular weight excluding hydrogens is 352 g/mol. The van der Waals surface area contributed by atoms with Crippen molar-refractivity contribution in [1.29, 1.82) is 0 Å². The van der Waals surface area contributed by atoms with Gasteiger partial charge in [0.25, 0.3) is 0 Å². The quantitative estimate of drug-likeness (QED) is 0.808. The number of aryl methyl sites for hydroxylation is 1. The van der Waals surface area contributed by atoms with Crippen molar-refractivity contribution < 1.29 is 9.53 Å². The maximum absolute atomic E-state index is 12.8. The topological polar surface area (TPSA) is 80.2 Å². The zero-order valence-electron chi connectivity index (χ0n) is 14.5. The predicted octanol–water partition coefficient (Wildman–Crippen LogP) is 1.82. The van der Waals surface area contributed by atoms with Gasteiger partial charge in [0, 0.05) is 18.8 Å². The lowest BCUT2D eigenvalue weighted by Gasteiger charge is -2.29. The van der Waals surface area contributed by atoms with Crippen LogP contribution in [0.15, 0.2) is 34.2 Å². The van der Waals surface area contributed by atoms with E-state index in [1.165, 1.54) is 17.3 Å². The summed E-state index contributed by atoms with van der Waals surface area (Å²) >= 11 is 1.30. The van der Waals surface area contributed by atoms with E-state index in [-0.39, 0.29) is 23.5 Å². The van der Waals surface area contributed by atoms with Gasteiger partial charge in [-0.3, -0.25) is 9.36 Å². The summed E-state index contributed by atoms with van der Waals surface area (Å²) in [5.74, 6) is 0.297. The monoisotopic (exact) mass is 374 g/mol. The maximum Gasteiger partial charge on any atom is 0.344 e. The van der Waals surface area contributed by atoms with Crippen LogP contribution in [0.25, 0.3) is 0 Å². The van der Waals surface area contributed by atoms with Crippen molar-refractivity contribution in [2.45, 2.75) is 43.5 Å². The lowest BCUT2D eigenvalue weighted by molar-refractivity contribution is -0.116. The van der Waals surface area contributed by atoms with Gasteiger partial charge < -0.3 is 9.64 Å². The number of carbonyl (C=O) groups is 1. The Balaban J connectivity index is 1.43. The minimum atomic E-state index is -0.251. The molecule has 4 rings (SSSR count). The number of H-pyrrole nitrogens is 1. The first kappa shape index (κ1) is 17.4. The van der Waals surface area contributed by atoms with Crippen LogP contribution in [0.5, 0.6) is 0 Å². The molecule has 1 aromatic heterocycles. The van der Waals surface area contributed by atoms with Gasteiger partial charge >= 0.3 is 5.69 Å². The molecule has 2 aliphatic rings. The van der Waals surface area contributed by atoms with Crippen LogP contribution in [0.3, 0.4) is 0 Å². The van der Waals surface area contributed by atoms with Gasteiger partial charge in [0.1, 0.15) is 0 Å². The lowest BCUT2D eigenvalue weighted by atomic mass is 10.0. The molecule has 1 amide bonds. The van der Waals surface area contributed by atoms with Crippen molar-refractivity contribution in [1.82, 2.24) is 14.8 Å². The van der Waals surface area contributed by atoms with E-state index in [0.29, 0.717) is 11.7 Å². The molecule has 0 bridgehead atoms. The first-order valence-corrected chi connectivity index (χ1v) is 9.99. The number of hydrogen-bond donors (Lipinski definition) is 1. The van der Waals surface area contributed by atoms with Crippen molar-refractivity contribution in [2.24, 2.45) is 0 Å². The summed E-state index contributed by atoms with van der Waals surface area (Å²) < 4.78 is 7.19. The summed E-state index contributed by atoms with van der Waals surface area (Å²) in [5, 5.41) is 7.11. The highest BCUT2D eigenvalue weighted by Crippen LogP contribution is 2.28. The summed E-state index contributed by atoms with van der Waals surface area (Å²) in [5.41, 5.74) is 1.97. The molecule has 0 spiro atoms. The highest BCUT2D eigenvalue weighted by molar-refractivity contribution is 7.99. The SMILES string of the molecule is O=C(CSc1n[nH]c(=O)n1C[C@@H]1CCCO1)N1CCCc2ccccc21. The molecule has 0 unspecified atom stereocenters. The molecule has 1 saturated heterocycles. The molecule has 0 radical (unpaired) electrons. The Morgan fingerprint density at radius 3 is 3.08 bits per heavy atom. The Morgan fingerprint density at radius 2 is 2.23 bits per heavy atom. The van der Waals surface area contributed by atoms with Crippen molar-refractivity contribution in [2.75, 3.05) is 23.8 Å². The van der Waals surface area contributed by atoms with Crippen molar-refractivity contribution in [3.8, 4) is 0 Å². The van der Waals surface area contributed by atoms with Gasteiger partial charge in [-0.15, -0.1) is 5.10 Å². The summed E-state index contributed by atoms with van der Waals surface area (Å²) in [6.45, 7) is 1.96. The second-order valence-electron chi connectivity index (χ2n) is 6.62. The van der Waals surface area contributed by atoms with Crippen LogP contribution in [0.4, 0.5) is 5.69 Å². The number of carbonyl (C=O) groups excluding carboxylic acids is 1. The molecule has 3 heterocycles. The Labute approximate surface area is 155 Å². The Kier molecular flexibility index (Phi) is 5.12. The molecule has 1 atom stereocenters. The number of aromatic nitrogens is 3. The third kappa shape index (κ3) is 3.57. The summed E-state index contributed by atoms with van der Waals surface area (Å²) in [7, 11) is 0. The third-order valence-corrected chi connectivity index (χ3v) is 5.83. The van der Waals surface area contributed by atoms with E-state index < -0.39 is 0 Å². The van der Waals surface area contributed by atoms with E-state index in [2.05, 4.69) is 16.3 Å². The number of nitrogens with zero attached hydrogens (tertiary/aromatic N) is 3. The van der Waals surface area contributed by atoms with E-state index >= 15 is 0 Å². The van der Waals surface area contributed by atoms with Gasteiger partial charge in [-0.2, -0.15) is 0 Å². The van der Waals surface area contributed by atoms with Gasteiger partial charge in [0.2, 0.25) is 5.91 Å². The van der Waals surface area contributed by atoms with Crippen LogP contribution in [0.1, 0.15) is 24.8 Å². The lowest BCUT2D eigenvalue weighted by Crippen LogP contribution is -2.36. The van der Waals surface area contributed by atoms with Crippen molar-refractivity contribution in [3.63, 3.8) is 0 Å². The second-order valence-corrected chi connectivity index (χ2v) is 7.57. The summed E-state index contributed by atoms with van der Waals surface area (Å²) in [6.07, 6.45) is 4.00. The van der Waals surface area contributed by atoms with Gasteiger partial charge in [0.15, 0.2) is 5.16 Å². The Hall–Kier alpha value is -2.06. The van der Waals surface area contributed by atoms with Crippen molar-refractivity contribution in [3.05, 3.63) is 40.3 Å². The fourth-order valence-corrected chi connectivity index (χ4v) is 4.40. The van der Waals surface area contributed by atoms with Gasteiger partial charge in [-0.05, 0) is 37.3 Å². The highest BCUT2D eigenvalue weighted by atomic mass is 32.2. The van der Waals surface area contributed by atoms with Crippen LogP contribution >= 0.6 is 11.8 Å². The van der Waals surface area contributed by atoms with Gasteiger partial charge in [0.05, 0.1) is 18.4 Å². The number of aromatic amines is 1. The van der Waals surface area contributed by atoms with Crippen LogP contribution in [-0.2, 0) is 22.5 Å². The molecule has 0 saturated carbocycles. The molecule has 1 N–H and O–H groups in total. The minimum Gasteiger partial charge on any atom is -0.376 e. The van der Waals surface area contributed by atoms with Gasteiger partial charge in [-0.25, -0.2) is 9.89 Å². The van der Waals surface area contributed by atoms with E-state index in [1.54, 1.807) is 4.57 Å². The Bertz CT molecular complexity index is 841. The Morgan fingerprint density at radius 1 is 1.35 bits per heavy atom. The molecular formula is C18H22N4O3S. The molecule has 0 aliphatic carbocycles. The molecule has 26 heavy (non-hydrogen) atoms. The number of fused-ring (bicyclic) bond motifs is 1. The number of ether oxygens (including phenoxy) is 1. The average Bonchev–Trinajstić information content (AvgIpc) is 3.30. The summed E-state index contributed by atoms with van der Waals surface area (Å²) in [6, 6.07) is 8.05. The van der Waals surface area contributed by atoms with Crippen LogP contribution < -0.4 is 10.6 Å². The standard InChI is InChI=1S/C18H22N4O3S/c23-16(21-9-3-6-13-5-1-2-8-15(13)21)12-26-18-20-19-17(24)22(18)11-14-7-4-10-25-14/h1-2,5,8,14H,3-4,6-7,9-12H2,(H,19,24)/t14-/m0/s1. The molecule has 1 aromatic carbocycles. The normalized spacial score (nSPS) is 19.5. The zero-order chi connectivity index (χ0) is 17.9. The predicted molar refractivity (Wildman–Crippen MR) is 99.7 cm³/mol. The summed E-state index contributed by atoms with van der Waals surface area (Å²) in [4.78, 5) is 26.6. The van der Waals surface area contributed by atoms with Crippen LogP contribution in [0.2, 0.25) is 0 Å². The van der Waals surface area contributed by atoms with Gasteiger partial charge in [-0.1, -0.05) is 30.0 Å². The van der Waals surface area contributed by atoms with Crippen molar-refractivity contribution >= 4 is 23.4 Å². The number of nitrogens with one attached hydrogen (secondary N) is 1. The molecule has 138 valence electrons. The van der Waals surface area contributed by atoms with Crippen LogP contribution in [-0.4, -0.2) is 45.7 Å². The number of para-hydroxylation sites is 1. The van der Waals surface area contributed by atoms with Crippen LogP contribution in [0, 0.1) is 0 Å². The zero-order valence-corrected chi connectivity index (χ0v) is 15.3.